The minimum atomic E-state index is 0.120. The monoisotopic (exact) mass is 265 g/mol. The summed E-state index contributed by atoms with van der Waals surface area (Å²) in [5.74, 6) is 0.609. The summed E-state index contributed by atoms with van der Waals surface area (Å²) in [6, 6.07) is 0. The molecule has 3 rings (SSSR count). The molecule has 1 fully saturated rings. The van der Waals surface area contributed by atoms with Crippen molar-refractivity contribution in [3.05, 3.63) is 15.6 Å². The third-order valence-electron chi connectivity index (χ3n) is 4.46. The highest BCUT2D eigenvalue weighted by Crippen LogP contribution is 2.40. The fourth-order valence-corrected chi connectivity index (χ4v) is 4.84. The summed E-state index contributed by atoms with van der Waals surface area (Å²) in [6.45, 7) is 7.77. The number of nitrogens with zero attached hydrogens (tertiary/aromatic N) is 1. The lowest BCUT2D eigenvalue weighted by Gasteiger charge is -2.42. The van der Waals surface area contributed by atoms with Gasteiger partial charge in [-0.05, 0) is 51.2 Å². The zero-order chi connectivity index (χ0) is 12.6. The lowest BCUT2D eigenvalue weighted by Crippen LogP contribution is -2.55. The first kappa shape index (κ1) is 12.6. The van der Waals surface area contributed by atoms with E-state index in [4.69, 9.17) is 4.98 Å². The van der Waals surface area contributed by atoms with Gasteiger partial charge in [-0.25, -0.2) is 4.98 Å². The summed E-state index contributed by atoms with van der Waals surface area (Å²) in [5.41, 5.74) is 1.51. The van der Waals surface area contributed by atoms with Gasteiger partial charge >= 0.3 is 0 Å². The van der Waals surface area contributed by atoms with Crippen molar-refractivity contribution >= 4 is 11.3 Å². The third-order valence-corrected chi connectivity index (χ3v) is 5.79. The maximum atomic E-state index is 4.98. The molecule has 1 saturated heterocycles. The van der Waals surface area contributed by atoms with Crippen molar-refractivity contribution in [2.24, 2.45) is 5.92 Å². The molecule has 100 valence electrons. The Labute approximate surface area is 113 Å². The molecular weight excluding hydrogens is 242 g/mol. The van der Waals surface area contributed by atoms with Crippen molar-refractivity contribution in [3.8, 4) is 0 Å². The molecule has 4 heteroatoms. The van der Waals surface area contributed by atoms with Crippen molar-refractivity contribution in [3.63, 3.8) is 0 Å². The number of thiazole rings is 1. The minimum Gasteiger partial charge on any atom is -0.316 e. The first-order valence-corrected chi connectivity index (χ1v) is 8.02. The van der Waals surface area contributed by atoms with Crippen molar-refractivity contribution < 1.29 is 0 Å². The van der Waals surface area contributed by atoms with E-state index in [9.17, 15) is 0 Å². The molecule has 1 aliphatic heterocycles. The van der Waals surface area contributed by atoms with Crippen LogP contribution < -0.4 is 10.6 Å². The Morgan fingerprint density at radius 2 is 2.39 bits per heavy atom. The number of aryl methyl sites for hydroxylation is 2. The van der Waals surface area contributed by atoms with Crippen LogP contribution in [0.1, 0.15) is 42.3 Å². The van der Waals surface area contributed by atoms with Crippen LogP contribution in [0.4, 0.5) is 0 Å². The first-order chi connectivity index (χ1) is 8.76. The molecule has 2 heterocycles. The van der Waals surface area contributed by atoms with Crippen molar-refractivity contribution in [1.82, 2.24) is 15.6 Å². The second-order valence-corrected chi connectivity index (χ2v) is 6.68. The van der Waals surface area contributed by atoms with Crippen LogP contribution in [0.3, 0.4) is 0 Å². The average Bonchev–Trinajstić information content (AvgIpc) is 2.93. The summed E-state index contributed by atoms with van der Waals surface area (Å²) in [6.07, 6.45) is 4.91. The Morgan fingerprint density at radius 3 is 3.11 bits per heavy atom. The van der Waals surface area contributed by atoms with Gasteiger partial charge in [0.2, 0.25) is 0 Å². The molecule has 0 bridgehead atoms. The summed E-state index contributed by atoms with van der Waals surface area (Å²) in [7, 11) is 0. The van der Waals surface area contributed by atoms with Crippen LogP contribution >= 0.6 is 11.3 Å². The number of hydrogen-bond donors (Lipinski definition) is 2. The summed E-state index contributed by atoms with van der Waals surface area (Å²) < 4.78 is 0. The zero-order valence-corrected chi connectivity index (χ0v) is 12.2. The number of rotatable bonds is 3. The summed E-state index contributed by atoms with van der Waals surface area (Å²) in [5, 5.41) is 8.61. The van der Waals surface area contributed by atoms with E-state index in [0.29, 0.717) is 5.92 Å². The molecule has 1 aliphatic carbocycles. The summed E-state index contributed by atoms with van der Waals surface area (Å²) >= 11 is 1.97. The van der Waals surface area contributed by atoms with Crippen LogP contribution in [0.5, 0.6) is 0 Å². The normalized spacial score (nSPS) is 31.6. The Bertz CT molecular complexity index is 403. The van der Waals surface area contributed by atoms with E-state index in [1.807, 2.05) is 11.3 Å². The van der Waals surface area contributed by atoms with E-state index >= 15 is 0 Å². The molecule has 0 spiro atoms. The molecule has 0 aromatic carbocycles. The van der Waals surface area contributed by atoms with Gasteiger partial charge in [0.1, 0.15) is 5.01 Å². The molecule has 18 heavy (non-hydrogen) atoms. The highest BCUT2D eigenvalue weighted by Gasteiger charge is 2.42. The second-order valence-electron chi connectivity index (χ2n) is 5.60. The minimum absolute atomic E-state index is 0.120. The van der Waals surface area contributed by atoms with E-state index in [1.54, 1.807) is 4.88 Å². The molecule has 1 aromatic heterocycles. The van der Waals surface area contributed by atoms with Gasteiger partial charge in [0.25, 0.3) is 0 Å². The maximum absolute atomic E-state index is 4.98. The fourth-order valence-electron chi connectivity index (χ4n) is 3.38. The average molecular weight is 265 g/mol. The van der Waals surface area contributed by atoms with Gasteiger partial charge in [-0.1, -0.05) is 13.8 Å². The first-order valence-electron chi connectivity index (χ1n) is 7.21. The van der Waals surface area contributed by atoms with E-state index in [-0.39, 0.29) is 5.54 Å². The van der Waals surface area contributed by atoms with Crippen LogP contribution in [0.25, 0.3) is 0 Å². The van der Waals surface area contributed by atoms with Crippen LogP contribution in [-0.4, -0.2) is 24.6 Å². The van der Waals surface area contributed by atoms with E-state index in [1.165, 1.54) is 30.0 Å². The predicted octanol–water partition coefficient (Wildman–Crippen LogP) is 2.07. The largest absolute Gasteiger partial charge is 0.316 e. The number of aromatic nitrogens is 1. The maximum Gasteiger partial charge on any atom is 0.114 e. The van der Waals surface area contributed by atoms with Crippen LogP contribution in [0.2, 0.25) is 0 Å². The highest BCUT2D eigenvalue weighted by atomic mass is 32.1. The van der Waals surface area contributed by atoms with Crippen molar-refractivity contribution in [2.75, 3.05) is 19.6 Å². The van der Waals surface area contributed by atoms with E-state index in [2.05, 4.69) is 24.5 Å². The van der Waals surface area contributed by atoms with Gasteiger partial charge < -0.3 is 10.6 Å². The highest BCUT2D eigenvalue weighted by molar-refractivity contribution is 7.12. The molecule has 0 amide bonds. The van der Waals surface area contributed by atoms with Crippen LogP contribution in [0, 0.1) is 5.92 Å². The standard InChI is InChI=1S/C14H23N3S/c1-3-16-14(7-8-15-9-10(14)2)13-17-11-5-4-6-12(11)18-13/h10,15-16H,3-9H2,1-2H3. The molecule has 2 unspecified atom stereocenters. The Balaban J connectivity index is 1.96. The van der Waals surface area contributed by atoms with Crippen LogP contribution in [0.15, 0.2) is 0 Å². The predicted molar refractivity (Wildman–Crippen MR) is 76.1 cm³/mol. The molecule has 2 aliphatic rings. The Hall–Kier alpha value is -0.450. The second kappa shape index (κ2) is 4.91. The summed E-state index contributed by atoms with van der Waals surface area (Å²) in [4.78, 5) is 6.53. The Morgan fingerprint density at radius 1 is 1.50 bits per heavy atom. The molecule has 0 radical (unpaired) electrons. The van der Waals surface area contributed by atoms with Gasteiger partial charge in [-0.3, -0.25) is 0 Å². The van der Waals surface area contributed by atoms with E-state index in [0.717, 1.165) is 26.1 Å². The SMILES string of the molecule is CCNC1(c2nc3c(s2)CCC3)CCNCC1C. The van der Waals surface area contributed by atoms with Gasteiger partial charge in [-0.2, -0.15) is 0 Å². The smallest absolute Gasteiger partial charge is 0.114 e. The van der Waals surface area contributed by atoms with Crippen molar-refractivity contribution in [2.45, 2.75) is 45.1 Å². The fraction of sp³-hybridized carbons (Fsp3) is 0.786. The lowest BCUT2D eigenvalue weighted by molar-refractivity contribution is 0.170. The van der Waals surface area contributed by atoms with Gasteiger partial charge in [-0.15, -0.1) is 11.3 Å². The molecule has 3 nitrogen and oxygen atoms in total. The molecule has 2 N–H and O–H groups in total. The quantitative estimate of drug-likeness (QED) is 0.878. The number of fused-ring (bicyclic) bond motifs is 1. The number of piperidine rings is 1. The lowest BCUT2D eigenvalue weighted by atomic mass is 9.80. The molecular formula is C14H23N3S. The van der Waals surface area contributed by atoms with E-state index < -0.39 is 0 Å². The van der Waals surface area contributed by atoms with Gasteiger partial charge in [0.05, 0.1) is 11.2 Å². The van der Waals surface area contributed by atoms with Crippen LogP contribution in [-0.2, 0) is 18.4 Å². The number of hydrogen-bond acceptors (Lipinski definition) is 4. The molecule has 1 aromatic rings. The number of nitrogens with one attached hydrogen (secondary N) is 2. The zero-order valence-electron chi connectivity index (χ0n) is 11.4. The molecule has 0 saturated carbocycles. The van der Waals surface area contributed by atoms with Gasteiger partial charge in [0, 0.05) is 4.88 Å². The van der Waals surface area contributed by atoms with Crippen molar-refractivity contribution in [1.29, 1.82) is 0 Å². The Kier molecular flexibility index (Phi) is 3.43. The topological polar surface area (TPSA) is 37.0 Å². The third kappa shape index (κ3) is 1.91. The molecule has 2 atom stereocenters. The van der Waals surface area contributed by atoms with Gasteiger partial charge in [0.15, 0.2) is 0 Å².